The minimum atomic E-state index is -0.0464. The van der Waals surface area contributed by atoms with Crippen molar-refractivity contribution in [1.82, 2.24) is 10.2 Å². The van der Waals surface area contributed by atoms with E-state index in [1.807, 2.05) is 0 Å². The average molecular weight is 254 g/mol. The summed E-state index contributed by atoms with van der Waals surface area (Å²) >= 11 is 0. The molecule has 2 fully saturated rings. The normalized spacial score (nSPS) is 41.1. The first-order valence-corrected chi connectivity index (χ1v) is 7.09. The fraction of sp³-hybridized carbons (Fsp3) is 0.929. The molecule has 2 aliphatic heterocycles. The van der Waals surface area contributed by atoms with Crippen molar-refractivity contribution in [3.63, 3.8) is 0 Å². The molecule has 18 heavy (non-hydrogen) atoms. The predicted octanol–water partition coefficient (Wildman–Crippen LogP) is 1.26. The Morgan fingerprint density at radius 3 is 2.61 bits per heavy atom. The summed E-state index contributed by atoms with van der Waals surface area (Å²) in [5.41, 5.74) is 0. The van der Waals surface area contributed by atoms with Crippen molar-refractivity contribution in [1.29, 1.82) is 0 Å². The topological polar surface area (TPSA) is 41.6 Å². The zero-order valence-electron chi connectivity index (χ0n) is 12.0. The van der Waals surface area contributed by atoms with Gasteiger partial charge in [0.05, 0.1) is 12.1 Å². The Balaban J connectivity index is 1.99. The van der Waals surface area contributed by atoms with Crippen LogP contribution in [-0.2, 0) is 9.53 Å². The van der Waals surface area contributed by atoms with E-state index in [0.717, 1.165) is 19.5 Å². The molecule has 2 rings (SSSR count). The number of methoxy groups -OCH3 is 1. The van der Waals surface area contributed by atoms with Crippen LogP contribution in [0.2, 0.25) is 0 Å². The Bertz CT molecular complexity index is 308. The lowest BCUT2D eigenvalue weighted by Gasteiger charge is -2.42. The van der Waals surface area contributed by atoms with E-state index in [-0.39, 0.29) is 18.1 Å². The predicted molar refractivity (Wildman–Crippen MR) is 71.3 cm³/mol. The number of carbonyl (C=O) groups excluding carboxylic acids is 1. The molecule has 0 aromatic rings. The van der Waals surface area contributed by atoms with Gasteiger partial charge in [-0.1, -0.05) is 13.8 Å². The number of rotatable bonds is 2. The highest BCUT2D eigenvalue weighted by atomic mass is 16.5. The third-order valence-corrected chi connectivity index (χ3v) is 4.60. The maximum atomic E-state index is 12.6. The molecule has 0 aromatic heterocycles. The second kappa shape index (κ2) is 5.57. The molecule has 1 amide bonds. The van der Waals surface area contributed by atoms with E-state index in [9.17, 15) is 4.79 Å². The average Bonchev–Trinajstić information content (AvgIpc) is 2.81. The van der Waals surface area contributed by atoms with Crippen LogP contribution in [-0.4, -0.2) is 49.2 Å². The van der Waals surface area contributed by atoms with Crippen molar-refractivity contribution < 1.29 is 9.53 Å². The van der Waals surface area contributed by atoms with Gasteiger partial charge in [-0.15, -0.1) is 0 Å². The molecule has 4 nitrogen and oxygen atoms in total. The molecule has 2 heterocycles. The largest absolute Gasteiger partial charge is 0.380 e. The summed E-state index contributed by atoms with van der Waals surface area (Å²) < 4.78 is 5.31. The van der Waals surface area contributed by atoms with Crippen LogP contribution in [0.1, 0.15) is 33.6 Å². The third kappa shape index (κ3) is 2.69. The van der Waals surface area contributed by atoms with Crippen LogP contribution in [0.5, 0.6) is 0 Å². The third-order valence-electron chi connectivity index (χ3n) is 4.60. The zero-order valence-corrected chi connectivity index (χ0v) is 12.0. The second-order valence-corrected chi connectivity index (χ2v) is 6.10. The van der Waals surface area contributed by atoms with Gasteiger partial charge in [-0.25, -0.2) is 0 Å². The highest BCUT2D eigenvalue weighted by Crippen LogP contribution is 2.28. The molecule has 0 aromatic carbocycles. The zero-order chi connectivity index (χ0) is 13.3. The maximum absolute atomic E-state index is 12.6. The molecule has 0 aliphatic carbocycles. The van der Waals surface area contributed by atoms with E-state index in [1.54, 1.807) is 7.11 Å². The molecule has 4 heteroatoms. The van der Waals surface area contributed by atoms with Crippen molar-refractivity contribution >= 4 is 5.91 Å². The van der Waals surface area contributed by atoms with Crippen molar-refractivity contribution in [2.75, 3.05) is 20.2 Å². The van der Waals surface area contributed by atoms with Gasteiger partial charge in [-0.2, -0.15) is 0 Å². The standard InChI is InChI=1S/C14H26N2O2/c1-9-5-10(2)11(3)16(8-9)14(17)13-6-12(18-4)7-15-13/h9-13,15H,5-8H2,1-4H3. The Hall–Kier alpha value is -0.610. The van der Waals surface area contributed by atoms with Gasteiger partial charge in [0.1, 0.15) is 0 Å². The summed E-state index contributed by atoms with van der Waals surface area (Å²) in [5, 5.41) is 3.29. The number of hydrogen-bond acceptors (Lipinski definition) is 3. The lowest BCUT2D eigenvalue weighted by Crippen LogP contribution is -2.53. The summed E-state index contributed by atoms with van der Waals surface area (Å²) in [6.07, 6.45) is 2.22. The lowest BCUT2D eigenvalue weighted by atomic mass is 9.85. The van der Waals surface area contributed by atoms with E-state index in [2.05, 4.69) is 31.0 Å². The van der Waals surface area contributed by atoms with E-state index in [1.165, 1.54) is 6.42 Å². The van der Waals surface area contributed by atoms with Crippen LogP contribution >= 0.6 is 0 Å². The number of piperidine rings is 1. The maximum Gasteiger partial charge on any atom is 0.240 e. The number of ether oxygens (including phenoxy) is 1. The molecule has 0 spiro atoms. The van der Waals surface area contributed by atoms with Crippen molar-refractivity contribution in [2.24, 2.45) is 11.8 Å². The van der Waals surface area contributed by atoms with Crippen molar-refractivity contribution in [3.8, 4) is 0 Å². The number of hydrogen-bond donors (Lipinski definition) is 1. The van der Waals surface area contributed by atoms with Crippen LogP contribution in [0, 0.1) is 11.8 Å². The van der Waals surface area contributed by atoms with Gasteiger partial charge < -0.3 is 15.0 Å². The Kier molecular flexibility index (Phi) is 4.28. The first-order chi connectivity index (χ1) is 8.52. The number of amides is 1. The minimum absolute atomic E-state index is 0.0464. The van der Waals surface area contributed by atoms with Gasteiger partial charge >= 0.3 is 0 Å². The summed E-state index contributed by atoms with van der Waals surface area (Å²) in [6, 6.07) is 0.312. The van der Waals surface area contributed by atoms with E-state index < -0.39 is 0 Å². The highest BCUT2D eigenvalue weighted by Gasteiger charge is 2.37. The fourth-order valence-electron chi connectivity index (χ4n) is 3.28. The number of carbonyl (C=O) groups is 1. The molecule has 2 saturated heterocycles. The van der Waals surface area contributed by atoms with E-state index in [4.69, 9.17) is 4.74 Å². The summed E-state index contributed by atoms with van der Waals surface area (Å²) in [4.78, 5) is 14.6. The minimum Gasteiger partial charge on any atom is -0.380 e. The van der Waals surface area contributed by atoms with Gasteiger partial charge in [-0.3, -0.25) is 4.79 Å². The molecule has 2 aliphatic rings. The Morgan fingerprint density at radius 2 is 2.00 bits per heavy atom. The van der Waals surface area contributed by atoms with Gasteiger partial charge in [-0.05, 0) is 31.6 Å². The fourth-order valence-corrected chi connectivity index (χ4v) is 3.28. The molecule has 1 N–H and O–H groups in total. The van der Waals surface area contributed by atoms with E-state index >= 15 is 0 Å². The van der Waals surface area contributed by atoms with Crippen LogP contribution in [0.25, 0.3) is 0 Å². The quantitative estimate of drug-likeness (QED) is 0.806. The SMILES string of the molecule is COC1CNC(C(=O)N2CC(C)CC(C)C2C)C1. The molecule has 104 valence electrons. The van der Waals surface area contributed by atoms with Crippen LogP contribution in [0.4, 0.5) is 0 Å². The summed E-state index contributed by atoms with van der Waals surface area (Å²) in [7, 11) is 1.72. The van der Waals surface area contributed by atoms with Gasteiger partial charge in [0.2, 0.25) is 5.91 Å². The molecule has 5 unspecified atom stereocenters. The van der Waals surface area contributed by atoms with Gasteiger partial charge in [0.15, 0.2) is 0 Å². The molecule has 0 bridgehead atoms. The summed E-state index contributed by atoms with van der Waals surface area (Å²) in [6.45, 7) is 8.36. The lowest BCUT2D eigenvalue weighted by molar-refractivity contribution is -0.139. The van der Waals surface area contributed by atoms with Gasteiger partial charge in [0, 0.05) is 26.2 Å². The Labute approximate surface area is 110 Å². The first-order valence-electron chi connectivity index (χ1n) is 7.09. The molecule has 0 saturated carbocycles. The van der Waals surface area contributed by atoms with Crippen LogP contribution in [0.15, 0.2) is 0 Å². The smallest absolute Gasteiger partial charge is 0.240 e. The van der Waals surface area contributed by atoms with Crippen molar-refractivity contribution in [2.45, 2.75) is 51.8 Å². The summed E-state index contributed by atoms with van der Waals surface area (Å²) in [5.74, 6) is 1.47. The Morgan fingerprint density at radius 1 is 1.28 bits per heavy atom. The second-order valence-electron chi connectivity index (χ2n) is 6.10. The van der Waals surface area contributed by atoms with E-state index in [0.29, 0.717) is 17.9 Å². The monoisotopic (exact) mass is 254 g/mol. The van der Waals surface area contributed by atoms with Crippen molar-refractivity contribution in [3.05, 3.63) is 0 Å². The molecule has 5 atom stereocenters. The molecular formula is C14H26N2O2. The number of nitrogens with zero attached hydrogens (tertiary/aromatic N) is 1. The highest BCUT2D eigenvalue weighted by molar-refractivity contribution is 5.82. The van der Waals surface area contributed by atoms with Crippen LogP contribution in [0.3, 0.4) is 0 Å². The number of likely N-dealkylation sites (tertiary alicyclic amines) is 1. The van der Waals surface area contributed by atoms with Gasteiger partial charge in [0.25, 0.3) is 0 Å². The molecular weight excluding hydrogens is 228 g/mol. The molecule has 0 radical (unpaired) electrons. The van der Waals surface area contributed by atoms with Crippen LogP contribution < -0.4 is 5.32 Å². The number of nitrogens with one attached hydrogen (secondary N) is 1. The first kappa shape index (κ1) is 13.8.